The summed E-state index contributed by atoms with van der Waals surface area (Å²) in [7, 11) is 0. The molecule has 0 aromatic heterocycles. The average Bonchev–Trinajstić information content (AvgIpc) is 3.54. The minimum absolute atomic E-state index is 0.0143. The van der Waals surface area contributed by atoms with Gasteiger partial charge in [0, 0.05) is 18.3 Å². The van der Waals surface area contributed by atoms with Crippen LogP contribution in [-0.2, 0) is 19.1 Å². The highest BCUT2D eigenvalue weighted by atomic mass is 32.2. The largest absolute Gasteiger partial charge is 0.465 e. The molecule has 0 aromatic rings. The zero-order valence-electron chi connectivity index (χ0n) is 22.9. The Morgan fingerprint density at radius 3 is 2.65 bits per heavy atom. The minimum Gasteiger partial charge on any atom is -0.465 e. The zero-order valence-corrected chi connectivity index (χ0v) is 23.7. The summed E-state index contributed by atoms with van der Waals surface area (Å²) >= 11 is 1.65. The molecule has 7 atom stereocenters. The molecule has 208 valence electrons. The monoisotopic (exact) mass is 534 g/mol. The lowest BCUT2D eigenvalue weighted by atomic mass is 9.71. The second kappa shape index (κ2) is 13.3. The third-order valence-corrected chi connectivity index (χ3v) is 10.5. The number of ether oxygens (including phenoxy) is 1. The number of likely N-dealkylation sites (tertiary alicyclic amines) is 1. The van der Waals surface area contributed by atoms with E-state index in [-0.39, 0.29) is 35.6 Å². The highest BCUT2D eigenvalue weighted by Crippen LogP contribution is 2.67. The molecule has 2 amide bonds. The number of hydrogen-bond acceptors (Lipinski definition) is 6. The first-order chi connectivity index (χ1) is 17.8. The molecule has 0 aliphatic carbocycles. The second-order valence-corrected chi connectivity index (χ2v) is 12.4. The van der Waals surface area contributed by atoms with Gasteiger partial charge in [0.2, 0.25) is 11.8 Å². The molecule has 3 aliphatic heterocycles. The fourth-order valence-electron chi connectivity index (χ4n) is 6.44. The highest BCUT2D eigenvalue weighted by molar-refractivity contribution is 8.02. The van der Waals surface area contributed by atoms with Crippen LogP contribution in [0.3, 0.4) is 0 Å². The van der Waals surface area contributed by atoms with Crippen molar-refractivity contribution in [3.63, 3.8) is 0 Å². The molecular weight excluding hydrogens is 488 g/mol. The fourth-order valence-corrected chi connectivity index (χ4v) is 8.63. The smallest absolute Gasteiger partial charge is 0.310 e. The maximum atomic E-state index is 14.3. The van der Waals surface area contributed by atoms with E-state index in [1.54, 1.807) is 22.7 Å². The van der Waals surface area contributed by atoms with E-state index in [9.17, 15) is 19.5 Å². The second-order valence-electron chi connectivity index (χ2n) is 10.8. The predicted octanol–water partition coefficient (Wildman–Crippen LogP) is 4.20. The molecule has 1 spiro atoms. The number of unbranched alkanes of at least 4 members (excludes halogenated alkanes) is 3. The lowest BCUT2D eigenvalue weighted by molar-refractivity contribution is -0.155. The molecular formula is C29H46N2O5S. The van der Waals surface area contributed by atoms with Gasteiger partial charge in [-0.1, -0.05) is 45.8 Å². The van der Waals surface area contributed by atoms with Gasteiger partial charge in [-0.05, 0) is 44.4 Å². The Hall–Kier alpha value is -1.80. The lowest BCUT2D eigenvalue weighted by Gasteiger charge is -2.41. The summed E-state index contributed by atoms with van der Waals surface area (Å²) in [5, 5.41) is 10.4. The number of aliphatic hydroxyl groups excluding tert-OH is 1. The summed E-state index contributed by atoms with van der Waals surface area (Å²) in [6.45, 7) is 14.8. The number of aliphatic hydroxyl groups is 1. The average molecular weight is 535 g/mol. The van der Waals surface area contributed by atoms with E-state index in [1.807, 2.05) is 24.8 Å². The molecule has 0 saturated carbocycles. The van der Waals surface area contributed by atoms with Crippen LogP contribution < -0.4 is 0 Å². The first kappa shape index (κ1) is 29.8. The van der Waals surface area contributed by atoms with Gasteiger partial charge in [-0.2, -0.15) is 0 Å². The van der Waals surface area contributed by atoms with Crippen LogP contribution in [0.4, 0.5) is 0 Å². The Kier molecular flexibility index (Phi) is 10.7. The van der Waals surface area contributed by atoms with Gasteiger partial charge in [0.25, 0.3) is 0 Å². The van der Waals surface area contributed by atoms with E-state index in [0.717, 1.165) is 44.9 Å². The summed E-state index contributed by atoms with van der Waals surface area (Å²) in [6.07, 6.45) is 10.2. The van der Waals surface area contributed by atoms with Gasteiger partial charge in [0.1, 0.15) is 6.04 Å². The van der Waals surface area contributed by atoms with Crippen LogP contribution in [0.1, 0.15) is 72.1 Å². The van der Waals surface area contributed by atoms with E-state index < -0.39 is 28.7 Å². The Morgan fingerprint density at radius 1 is 1.27 bits per heavy atom. The molecule has 0 aromatic carbocycles. The molecule has 2 unspecified atom stereocenters. The third-order valence-electron chi connectivity index (χ3n) is 8.58. The Labute approximate surface area is 227 Å². The van der Waals surface area contributed by atoms with Crippen molar-refractivity contribution in [1.29, 1.82) is 0 Å². The van der Waals surface area contributed by atoms with Gasteiger partial charge < -0.3 is 19.6 Å². The standard InChI is InChI=1S/C29H46N2O5S/c1-6-10-12-13-18-36-28(35)23-22-14-15-29(37-22)24(23)26(33)31(21(19-32)20(5)9-4)25(29)27(34)30(16-8-3)17-11-7-2/h6,8,20-25,32H,1,3,7,9-19H2,2,4-5H3/t20-,21-,22-,23+,24-,25?,29?/m0/s1. The minimum atomic E-state index is -0.701. The maximum Gasteiger partial charge on any atom is 0.310 e. The van der Waals surface area contributed by atoms with Gasteiger partial charge in [-0.15, -0.1) is 24.9 Å². The van der Waals surface area contributed by atoms with E-state index in [1.165, 1.54) is 0 Å². The van der Waals surface area contributed by atoms with E-state index in [2.05, 4.69) is 20.1 Å². The van der Waals surface area contributed by atoms with Gasteiger partial charge in [0.15, 0.2) is 0 Å². The number of fused-ring (bicyclic) bond motifs is 1. The van der Waals surface area contributed by atoms with Gasteiger partial charge in [-0.25, -0.2) is 0 Å². The Balaban J connectivity index is 1.97. The SMILES string of the molecule is C=CCCCCOC(=O)[C@@H]1[C@@H]2CCC3(S2)C(C(=O)N(CC=C)CCCC)N([C@@H](CO)[C@@H](C)CC)C(=O)[C@H]13. The summed E-state index contributed by atoms with van der Waals surface area (Å²) in [5.74, 6) is -1.71. The van der Waals surface area contributed by atoms with E-state index in [4.69, 9.17) is 4.74 Å². The number of carbonyl (C=O) groups excluding carboxylic acids is 3. The first-order valence-corrected chi connectivity index (χ1v) is 15.0. The molecule has 3 saturated heterocycles. The van der Waals surface area contributed by atoms with E-state index in [0.29, 0.717) is 26.1 Å². The summed E-state index contributed by atoms with van der Waals surface area (Å²) in [6, 6.07) is -1.17. The number of thioether (sulfide) groups is 1. The third kappa shape index (κ3) is 5.65. The van der Waals surface area contributed by atoms with Crippen LogP contribution in [-0.4, -0.2) is 81.1 Å². The lowest BCUT2D eigenvalue weighted by Crippen LogP contribution is -2.58. The van der Waals surface area contributed by atoms with Crippen molar-refractivity contribution in [3.8, 4) is 0 Å². The molecule has 1 N–H and O–H groups in total. The quantitative estimate of drug-likeness (QED) is 0.181. The normalized spacial score (nSPS) is 29.6. The molecule has 0 radical (unpaired) electrons. The van der Waals surface area contributed by atoms with Crippen LogP contribution in [0, 0.1) is 17.8 Å². The van der Waals surface area contributed by atoms with Crippen molar-refractivity contribution in [2.75, 3.05) is 26.3 Å². The number of rotatable bonds is 16. The number of allylic oxidation sites excluding steroid dienone is 1. The maximum absolute atomic E-state index is 14.3. The summed E-state index contributed by atoms with van der Waals surface area (Å²) in [5.41, 5.74) is 0. The molecule has 3 heterocycles. The first-order valence-electron chi connectivity index (χ1n) is 14.1. The number of carbonyl (C=O) groups is 3. The number of amides is 2. The van der Waals surface area contributed by atoms with Crippen LogP contribution in [0.15, 0.2) is 25.3 Å². The molecule has 37 heavy (non-hydrogen) atoms. The summed E-state index contributed by atoms with van der Waals surface area (Å²) in [4.78, 5) is 45.3. The Bertz CT molecular complexity index is 850. The van der Waals surface area contributed by atoms with Crippen molar-refractivity contribution in [1.82, 2.24) is 9.80 Å². The van der Waals surface area contributed by atoms with Crippen LogP contribution in [0.5, 0.6) is 0 Å². The van der Waals surface area contributed by atoms with Crippen LogP contribution in [0.25, 0.3) is 0 Å². The molecule has 2 bridgehead atoms. The van der Waals surface area contributed by atoms with Crippen molar-refractivity contribution < 1.29 is 24.2 Å². The van der Waals surface area contributed by atoms with E-state index >= 15 is 0 Å². The molecule has 3 fully saturated rings. The van der Waals surface area contributed by atoms with Crippen LogP contribution >= 0.6 is 11.8 Å². The zero-order chi connectivity index (χ0) is 27.2. The topological polar surface area (TPSA) is 87.2 Å². The van der Waals surface area contributed by atoms with Crippen LogP contribution in [0.2, 0.25) is 0 Å². The van der Waals surface area contributed by atoms with Crippen molar-refractivity contribution in [2.24, 2.45) is 17.8 Å². The van der Waals surface area contributed by atoms with Gasteiger partial charge >= 0.3 is 5.97 Å². The highest BCUT2D eigenvalue weighted by Gasteiger charge is 2.75. The van der Waals surface area contributed by atoms with Crippen molar-refractivity contribution in [2.45, 2.75) is 94.2 Å². The van der Waals surface area contributed by atoms with Crippen molar-refractivity contribution >= 4 is 29.5 Å². The molecule has 7 nitrogen and oxygen atoms in total. The fraction of sp³-hybridized carbons (Fsp3) is 0.759. The predicted molar refractivity (Wildman–Crippen MR) is 148 cm³/mol. The molecule has 8 heteroatoms. The Morgan fingerprint density at radius 2 is 2.03 bits per heavy atom. The summed E-state index contributed by atoms with van der Waals surface area (Å²) < 4.78 is 5.02. The number of hydrogen-bond donors (Lipinski definition) is 1. The van der Waals surface area contributed by atoms with Crippen molar-refractivity contribution in [3.05, 3.63) is 25.3 Å². The number of nitrogens with zero attached hydrogens (tertiary/aromatic N) is 2. The number of esters is 1. The van der Waals surface area contributed by atoms with Gasteiger partial charge in [-0.3, -0.25) is 14.4 Å². The molecule has 3 rings (SSSR count). The molecule has 3 aliphatic rings. The van der Waals surface area contributed by atoms with Gasteiger partial charge in [0.05, 0.1) is 35.8 Å².